The summed E-state index contributed by atoms with van der Waals surface area (Å²) in [6.45, 7) is 0. The van der Waals surface area contributed by atoms with Crippen LogP contribution in [0.25, 0.3) is 10.6 Å². The normalized spacial score (nSPS) is 10.1. The number of hydrogen-bond acceptors (Lipinski definition) is 4. The molecule has 1 heterocycles. The maximum atomic E-state index is 5.07. The van der Waals surface area contributed by atoms with Crippen molar-refractivity contribution in [3.63, 3.8) is 0 Å². The fraction of sp³-hybridized carbons (Fsp3) is 0.111. The molecule has 1 aromatic carbocycles. The van der Waals surface area contributed by atoms with Crippen molar-refractivity contribution in [2.75, 3.05) is 7.11 Å². The van der Waals surface area contributed by atoms with Gasteiger partial charge in [-0.05, 0) is 40.2 Å². The molecule has 0 N–H and O–H groups in total. The third kappa shape index (κ3) is 1.93. The average molecular weight is 271 g/mol. The van der Waals surface area contributed by atoms with E-state index in [-0.39, 0.29) is 0 Å². The number of benzene rings is 1. The van der Waals surface area contributed by atoms with Crippen molar-refractivity contribution in [1.29, 1.82) is 0 Å². The minimum atomic E-state index is 0.795. The lowest BCUT2D eigenvalue weighted by Gasteiger charge is -1.99. The first-order valence-corrected chi connectivity index (χ1v) is 5.54. The second-order valence-corrected chi connectivity index (χ2v) is 4.84. The zero-order valence-corrected chi connectivity index (χ0v) is 9.80. The van der Waals surface area contributed by atoms with Gasteiger partial charge in [-0.3, -0.25) is 0 Å². The molecule has 0 spiro atoms. The minimum absolute atomic E-state index is 0.795. The van der Waals surface area contributed by atoms with Gasteiger partial charge < -0.3 is 4.74 Å². The molecule has 0 fully saturated rings. The second kappa shape index (κ2) is 4.06. The lowest BCUT2D eigenvalue weighted by atomic mass is 10.2. The van der Waals surface area contributed by atoms with E-state index in [0.29, 0.717) is 0 Å². The van der Waals surface area contributed by atoms with Crippen LogP contribution in [0.1, 0.15) is 0 Å². The molecule has 0 unspecified atom stereocenters. The zero-order valence-electron chi connectivity index (χ0n) is 7.40. The van der Waals surface area contributed by atoms with Gasteiger partial charge in [0.15, 0.2) is 3.92 Å². The molecule has 0 aliphatic rings. The van der Waals surface area contributed by atoms with E-state index in [2.05, 4.69) is 26.1 Å². The van der Waals surface area contributed by atoms with Crippen LogP contribution >= 0.6 is 27.3 Å². The molecule has 14 heavy (non-hydrogen) atoms. The standard InChI is InChI=1S/C9H7BrN2OS/c1-13-7-4-2-6(3-5-7)8-11-12-9(10)14-8/h2-5H,1H3. The van der Waals surface area contributed by atoms with E-state index in [1.165, 1.54) is 11.3 Å². The molecule has 2 aromatic rings. The van der Waals surface area contributed by atoms with E-state index in [4.69, 9.17) is 4.74 Å². The molecular formula is C9H7BrN2OS. The molecule has 0 aliphatic heterocycles. The van der Waals surface area contributed by atoms with Crippen molar-refractivity contribution < 1.29 is 4.74 Å². The van der Waals surface area contributed by atoms with Gasteiger partial charge in [0.2, 0.25) is 0 Å². The summed E-state index contributed by atoms with van der Waals surface area (Å²) in [7, 11) is 1.65. The van der Waals surface area contributed by atoms with E-state index in [9.17, 15) is 0 Å². The molecule has 0 atom stereocenters. The Morgan fingerprint density at radius 3 is 2.43 bits per heavy atom. The van der Waals surface area contributed by atoms with Crippen molar-refractivity contribution in [2.45, 2.75) is 0 Å². The summed E-state index contributed by atoms with van der Waals surface area (Å²) < 4.78 is 5.86. The Kier molecular flexibility index (Phi) is 2.79. The van der Waals surface area contributed by atoms with Crippen molar-refractivity contribution in [3.05, 3.63) is 28.2 Å². The number of halogens is 1. The summed E-state index contributed by atoms with van der Waals surface area (Å²) in [6, 6.07) is 7.74. The number of rotatable bonds is 2. The van der Waals surface area contributed by atoms with Crippen molar-refractivity contribution in [2.24, 2.45) is 0 Å². The van der Waals surface area contributed by atoms with Crippen LogP contribution in [0.3, 0.4) is 0 Å². The summed E-state index contributed by atoms with van der Waals surface area (Å²) >= 11 is 4.79. The molecule has 0 aliphatic carbocycles. The first kappa shape index (κ1) is 9.61. The van der Waals surface area contributed by atoms with Gasteiger partial charge in [-0.2, -0.15) is 0 Å². The third-order valence-electron chi connectivity index (χ3n) is 1.74. The van der Waals surface area contributed by atoms with Crippen LogP contribution in [0.5, 0.6) is 5.75 Å². The number of methoxy groups -OCH3 is 1. The highest BCUT2D eigenvalue weighted by atomic mass is 79.9. The molecule has 5 heteroatoms. The Bertz CT molecular complexity index is 427. The summed E-state index contributed by atoms with van der Waals surface area (Å²) in [6.07, 6.45) is 0. The van der Waals surface area contributed by atoms with Crippen LogP contribution in [0.15, 0.2) is 28.2 Å². The first-order valence-electron chi connectivity index (χ1n) is 3.93. The molecule has 0 saturated heterocycles. The first-order chi connectivity index (χ1) is 6.79. The summed E-state index contributed by atoms with van der Waals surface area (Å²) in [4.78, 5) is 0. The van der Waals surface area contributed by atoms with Gasteiger partial charge >= 0.3 is 0 Å². The van der Waals surface area contributed by atoms with Gasteiger partial charge in [0.05, 0.1) is 7.11 Å². The van der Waals surface area contributed by atoms with Gasteiger partial charge in [0.1, 0.15) is 10.8 Å². The maximum Gasteiger partial charge on any atom is 0.183 e. The Balaban J connectivity index is 2.33. The van der Waals surface area contributed by atoms with Crippen molar-refractivity contribution in [1.82, 2.24) is 10.2 Å². The lowest BCUT2D eigenvalue weighted by Crippen LogP contribution is -1.82. The molecule has 0 amide bonds. The fourth-order valence-electron chi connectivity index (χ4n) is 1.06. The highest BCUT2D eigenvalue weighted by molar-refractivity contribution is 9.11. The SMILES string of the molecule is COc1ccc(-c2nnc(Br)s2)cc1. The van der Waals surface area contributed by atoms with E-state index in [1.807, 2.05) is 24.3 Å². The summed E-state index contributed by atoms with van der Waals surface area (Å²) in [5.74, 6) is 0.845. The molecule has 0 saturated carbocycles. The van der Waals surface area contributed by atoms with Crippen LogP contribution in [-0.2, 0) is 0 Å². The molecular weight excluding hydrogens is 264 g/mol. The summed E-state index contributed by atoms with van der Waals surface area (Å²) in [5.41, 5.74) is 1.05. The molecule has 3 nitrogen and oxygen atoms in total. The van der Waals surface area contributed by atoms with Crippen LogP contribution < -0.4 is 4.74 Å². The Labute approximate surface area is 93.9 Å². The topological polar surface area (TPSA) is 35.0 Å². The number of hydrogen-bond donors (Lipinski definition) is 0. The maximum absolute atomic E-state index is 5.07. The highest BCUT2D eigenvalue weighted by Gasteiger charge is 2.04. The third-order valence-corrected chi connectivity index (χ3v) is 3.14. The van der Waals surface area contributed by atoms with E-state index in [1.54, 1.807) is 7.11 Å². The average Bonchev–Trinajstić information content (AvgIpc) is 2.65. The fourth-order valence-corrected chi connectivity index (χ4v) is 2.17. The van der Waals surface area contributed by atoms with Gasteiger partial charge in [0, 0.05) is 5.56 Å². The van der Waals surface area contributed by atoms with E-state index in [0.717, 1.165) is 20.2 Å². The van der Waals surface area contributed by atoms with Crippen molar-refractivity contribution >= 4 is 27.3 Å². The Morgan fingerprint density at radius 2 is 1.93 bits per heavy atom. The molecule has 0 bridgehead atoms. The molecule has 72 valence electrons. The zero-order chi connectivity index (χ0) is 9.97. The molecule has 0 radical (unpaired) electrons. The molecule has 2 rings (SSSR count). The smallest absolute Gasteiger partial charge is 0.183 e. The number of aromatic nitrogens is 2. The van der Waals surface area contributed by atoms with Crippen molar-refractivity contribution in [3.8, 4) is 16.3 Å². The van der Waals surface area contributed by atoms with E-state index >= 15 is 0 Å². The van der Waals surface area contributed by atoms with Crippen LogP contribution in [0.4, 0.5) is 0 Å². The Hall–Kier alpha value is -0.940. The second-order valence-electron chi connectivity index (χ2n) is 2.59. The van der Waals surface area contributed by atoms with E-state index < -0.39 is 0 Å². The predicted octanol–water partition coefficient (Wildman–Crippen LogP) is 2.98. The van der Waals surface area contributed by atoms with Gasteiger partial charge in [-0.1, -0.05) is 11.3 Å². The van der Waals surface area contributed by atoms with Gasteiger partial charge in [-0.25, -0.2) is 0 Å². The number of nitrogens with zero attached hydrogens (tertiary/aromatic N) is 2. The molecule has 1 aromatic heterocycles. The highest BCUT2D eigenvalue weighted by Crippen LogP contribution is 2.27. The summed E-state index contributed by atoms with van der Waals surface area (Å²) in [5, 5.41) is 8.81. The quantitative estimate of drug-likeness (QED) is 0.842. The minimum Gasteiger partial charge on any atom is -0.497 e. The van der Waals surface area contributed by atoms with Crippen LogP contribution in [0.2, 0.25) is 0 Å². The van der Waals surface area contributed by atoms with Crippen LogP contribution in [0, 0.1) is 0 Å². The monoisotopic (exact) mass is 270 g/mol. The van der Waals surface area contributed by atoms with Gasteiger partial charge in [0.25, 0.3) is 0 Å². The largest absolute Gasteiger partial charge is 0.497 e. The van der Waals surface area contributed by atoms with Crippen LogP contribution in [-0.4, -0.2) is 17.3 Å². The predicted molar refractivity (Wildman–Crippen MR) is 59.6 cm³/mol. The Morgan fingerprint density at radius 1 is 1.21 bits per heavy atom. The van der Waals surface area contributed by atoms with Gasteiger partial charge in [-0.15, -0.1) is 10.2 Å². The lowest BCUT2D eigenvalue weighted by molar-refractivity contribution is 0.415. The number of ether oxygens (including phenoxy) is 1.